The molecule has 0 spiro atoms. The second-order valence-corrected chi connectivity index (χ2v) is 9.80. The highest BCUT2D eigenvalue weighted by Gasteiger charge is 2.20. The molecule has 5 nitrogen and oxygen atoms in total. The van der Waals surface area contributed by atoms with E-state index >= 15 is 0 Å². The van der Waals surface area contributed by atoms with Crippen molar-refractivity contribution in [1.29, 1.82) is 0 Å². The Labute approximate surface area is 191 Å². The minimum atomic E-state index is 0.0840. The Morgan fingerprint density at radius 1 is 1.20 bits per heavy atom. The normalized spacial score (nSPS) is 11.3. The number of ether oxygens (including phenoxy) is 1. The number of halogens is 1. The van der Waals surface area contributed by atoms with Crippen LogP contribution < -0.4 is 9.64 Å². The molecule has 0 saturated carbocycles. The third-order valence-corrected chi connectivity index (χ3v) is 6.84. The predicted octanol–water partition coefficient (Wildman–Crippen LogP) is 5.34. The van der Waals surface area contributed by atoms with Crippen LogP contribution in [0.15, 0.2) is 41.3 Å². The van der Waals surface area contributed by atoms with Gasteiger partial charge in [-0.15, -0.1) is 11.8 Å². The number of thiazole rings is 1. The Bertz CT molecular complexity index is 1010. The van der Waals surface area contributed by atoms with E-state index in [4.69, 9.17) is 21.3 Å². The number of hydrogen-bond acceptors (Lipinski definition) is 6. The Balaban J connectivity index is 1.72. The molecular formula is C22H26ClN3O2S2. The number of methoxy groups -OCH3 is 1. The maximum absolute atomic E-state index is 13.1. The molecule has 0 radical (unpaired) electrons. The SMILES string of the molecule is COc1ccc(SCCC(=O)N(CCN(C)C)c2nc3c(C)cc(Cl)cc3s2)cc1. The van der Waals surface area contributed by atoms with E-state index in [2.05, 4.69) is 4.90 Å². The lowest BCUT2D eigenvalue weighted by molar-refractivity contribution is -0.118. The molecule has 1 heterocycles. The summed E-state index contributed by atoms with van der Waals surface area (Å²) in [6.07, 6.45) is 0.444. The zero-order valence-electron chi connectivity index (χ0n) is 17.6. The number of rotatable bonds is 9. The van der Waals surface area contributed by atoms with E-state index in [-0.39, 0.29) is 5.91 Å². The first-order valence-electron chi connectivity index (χ1n) is 9.66. The highest BCUT2D eigenvalue weighted by atomic mass is 35.5. The smallest absolute Gasteiger partial charge is 0.229 e. The molecule has 0 saturated heterocycles. The summed E-state index contributed by atoms with van der Waals surface area (Å²) in [6.45, 7) is 3.37. The summed E-state index contributed by atoms with van der Waals surface area (Å²) in [5, 5.41) is 1.42. The van der Waals surface area contributed by atoms with Crippen LogP contribution in [0.2, 0.25) is 5.02 Å². The third-order valence-electron chi connectivity index (χ3n) is 4.59. The van der Waals surface area contributed by atoms with Crippen LogP contribution in [-0.4, -0.2) is 55.8 Å². The second kappa shape index (κ2) is 10.5. The molecule has 1 amide bonds. The average molecular weight is 464 g/mol. The van der Waals surface area contributed by atoms with Crippen LogP contribution in [0, 0.1) is 6.92 Å². The van der Waals surface area contributed by atoms with Gasteiger partial charge >= 0.3 is 0 Å². The summed E-state index contributed by atoms with van der Waals surface area (Å²) in [5.74, 6) is 1.62. The number of thioether (sulfide) groups is 1. The molecule has 30 heavy (non-hydrogen) atoms. The lowest BCUT2D eigenvalue weighted by Crippen LogP contribution is -2.36. The van der Waals surface area contributed by atoms with Crippen LogP contribution in [0.1, 0.15) is 12.0 Å². The number of carbonyl (C=O) groups excluding carboxylic acids is 1. The van der Waals surface area contributed by atoms with E-state index in [0.717, 1.165) is 38.1 Å². The molecule has 0 unspecified atom stereocenters. The summed E-state index contributed by atoms with van der Waals surface area (Å²) in [7, 11) is 5.66. The third kappa shape index (κ3) is 5.88. The second-order valence-electron chi connectivity index (χ2n) is 7.19. The molecule has 0 aliphatic carbocycles. The van der Waals surface area contributed by atoms with Gasteiger partial charge in [-0.2, -0.15) is 0 Å². The van der Waals surface area contributed by atoms with Gasteiger partial charge in [0.2, 0.25) is 5.91 Å². The number of aryl methyl sites for hydroxylation is 1. The zero-order chi connectivity index (χ0) is 21.7. The van der Waals surface area contributed by atoms with E-state index in [1.54, 1.807) is 18.9 Å². The molecular weight excluding hydrogens is 438 g/mol. The average Bonchev–Trinajstić information content (AvgIpc) is 3.12. The van der Waals surface area contributed by atoms with Gasteiger partial charge in [0.25, 0.3) is 0 Å². The number of anilines is 1. The fraction of sp³-hybridized carbons (Fsp3) is 0.364. The van der Waals surface area contributed by atoms with E-state index in [1.807, 2.05) is 62.3 Å². The highest BCUT2D eigenvalue weighted by molar-refractivity contribution is 7.99. The zero-order valence-corrected chi connectivity index (χ0v) is 20.0. The lowest BCUT2D eigenvalue weighted by atomic mass is 10.2. The quantitative estimate of drug-likeness (QED) is 0.400. The monoisotopic (exact) mass is 463 g/mol. The van der Waals surface area contributed by atoms with Crippen LogP contribution in [0.4, 0.5) is 5.13 Å². The number of aromatic nitrogens is 1. The lowest BCUT2D eigenvalue weighted by Gasteiger charge is -2.22. The first-order valence-corrected chi connectivity index (χ1v) is 11.8. The number of fused-ring (bicyclic) bond motifs is 1. The minimum Gasteiger partial charge on any atom is -0.497 e. The number of benzene rings is 2. The Morgan fingerprint density at radius 3 is 2.60 bits per heavy atom. The molecule has 0 fully saturated rings. The number of carbonyl (C=O) groups is 1. The summed E-state index contributed by atoms with van der Waals surface area (Å²) in [6, 6.07) is 11.7. The van der Waals surface area contributed by atoms with Gasteiger partial charge in [0.15, 0.2) is 5.13 Å². The highest BCUT2D eigenvalue weighted by Crippen LogP contribution is 2.33. The molecule has 1 aromatic heterocycles. The van der Waals surface area contributed by atoms with Gasteiger partial charge in [-0.1, -0.05) is 22.9 Å². The molecule has 0 N–H and O–H groups in total. The van der Waals surface area contributed by atoms with Crippen molar-refractivity contribution in [3.8, 4) is 5.75 Å². The fourth-order valence-electron chi connectivity index (χ4n) is 2.95. The molecule has 0 aliphatic heterocycles. The van der Waals surface area contributed by atoms with Crippen molar-refractivity contribution in [2.75, 3.05) is 44.9 Å². The number of hydrogen-bond donors (Lipinski definition) is 0. The molecule has 0 bridgehead atoms. The first kappa shape index (κ1) is 22.9. The minimum absolute atomic E-state index is 0.0840. The van der Waals surface area contributed by atoms with Crippen LogP contribution in [0.3, 0.4) is 0 Å². The summed E-state index contributed by atoms with van der Waals surface area (Å²) >= 11 is 9.39. The van der Waals surface area contributed by atoms with Gasteiger partial charge in [0.1, 0.15) is 5.75 Å². The summed E-state index contributed by atoms with van der Waals surface area (Å²) < 4.78 is 6.20. The number of amides is 1. The van der Waals surface area contributed by atoms with Crippen molar-refractivity contribution >= 4 is 56.0 Å². The standard InChI is InChI=1S/C22H26ClN3O2S2/c1-15-13-16(23)14-19-21(15)24-22(30-19)26(11-10-25(2)3)20(27)9-12-29-18-7-5-17(28-4)6-8-18/h5-8,13-14H,9-12H2,1-4H3. The summed E-state index contributed by atoms with van der Waals surface area (Å²) in [4.78, 5) is 22.9. The van der Waals surface area contributed by atoms with E-state index in [9.17, 15) is 4.79 Å². The van der Waals surface area contributed by atoms with Gasteiger partial charge in [-0.05, 0) is 63.0 Å². The molecule has 0 aliphatic rings. The fourth-order valence-corrected chi connectivity index (χ4v) is 5.25. The van der Waals surface area contributed by atoms with Gasteiger partial charge in [0, 0.05) is 35.2 Å². The van der Waals surface area contributed by atoms with Crippen molar-refractivity contribution in [3.63, 3.8) is 0 Å². The van der Waals surface area contributed by atoms with Crippen molar-refractivity contribution < 1.29 is 9.53 Å². The van der Waals surface area contributed by atoms with Crippen molar-refractivity contribution in [3.05, 3.63) is 47.0 Å². The summed E-state index contributed by atoms with van der Waals surface area (Å²) in [5.41, 5.74) is 1.93. The molecule has 160 valence electrons. The number of likely N-dealkylation sites (N-methyl/N-ethyl adjacent to an activating group) is 1. The molecule has 2 aromatic carbocycles. The molecule has 3 aromatic rings. The van der Waals surface area contributed by atoms with Crippen molar-refractivity contribution in [2.45, 2.75) is 18.2 Å². The van der Waals surface area contributed by atoms with E-state index in [1.165, 1.54) is 11.3 Å². The van der Waals surface area contributed by atoms with Gasteiger partial charge in [-0.3, -0.25) is 9.69 Å². The van der Waals surface area contributed by atoms with Gasteiger partial charge < -0.3 is 9.64 Å². The number of nitrogens with zero attached hydrogens (tertiary/aromatic N) is 3. The van der Waals surface area contributed by atoms with Gasteiger partial charge in [-0.25, -0.2) is 4.98 Å². The van der Waals surface area contributed by atoms with Crippen LogP contribution in [-0.2, 0) is 4.79 Å². The molecule has 8 heteroatoms. The Hall–Kier alpha value is -1.80. The maximum atomic E-state index is 13.1. The van der Waals surface area contributed by atoms with Crippen molar-refractivity contribution in [2.24, 2.45) is 0 Å². The van der Waals surface area contributed by atoms with E-state index in [0.29, 0.717) is 23.7 Å². The van der Waals surface area contributed by atoms with Crippen molar-refractivity contribution in [1.82, 2.24) is 9.88 Å². The Kier molecular flexibility index (Phi) is 7.99. The van der Waals surface area contributed by atoms with Crippen LogP contribution in [0.25, 0.3) is 10.2 Å². The maximum Gasteiger partial charge on any atom is 0.229 e. The van der Waals surface area contributed by atoms with Gasteiger partial charge in [0.05, 0.1) is 17.3 Å². The van der Waals surface area contributed by atoms with Crippen LogP contribution >= 0.6 is 34.7 Å². The predicted molar refractivity (Wildman–Crippen MR) is 129 cm³/mol. The topological polar surface area (TPSA) is 45.7 Å². The van der Waals surface area contributed by atoms with Crippen LogP contribution in [0.5, 0.6) is 5.75 Å². The Morgan fingerprint density at radius 2 is 1.93 bits per heavy atom. The first-order chi connectivity index (χ1) is 14.4. The molecule has 3 rings (SSSR count). The molecule has 0 atom stereocenters. The van der Waals surface area contributed by atoms with E-state index < -0.39 is 0 Å². The largest absolute Gasteiger partial charge is 0.497 e.